The van der Waals surface area contributed by atoms with Crippen molar-refractivity contribution in [3.05, 3.63) is 10.6 Å². The van der Waals surface area contributed by atoms with Crippen molar-refractivity contribution in [2.75, 3.05) is 31.6 Å². The molecule has 0 saturated carbocycles. The first-order chi connectivity index (χ1) is 12.2. The van der Waals surface area contributed by atoms with E-state index in [4.69, 9.17) is 4.74 Å². The summed E-state index contributed by atoms with van der Waals surface area (Å²) in [4.78, 5) is 20.9. The summed E-state index contributed by atoms with van der Waals surface area (Å²) in [5.41, 5.74) is 1.16. The Kier molecular flexibility index (Phi) is 5.36. The minimum absolute atomic E-state index is 0.0188. The smallest absolute Gasteiger partial charge is 0.243 e. The van der Waals surface area contributed by atoms with Crippen LogP contribution in [0.4, 0.5) is 5.13 Å². The number of nitrogens with one attached hydrogen (secondary N) is 1. The first kappa shape index (κ1) is 17.4. The number of aliphatic hydroxyl groups excluding tert-OH is 1. The molecule has 0 bridgehead atoms. The summed E-state index contributed by atoms with van der Waals surface area (Å²) >= 11 is 1.62. The van der Waals surface area contributed by atoms with Gasteiger partial charge in [-0.05, 0) is 50.9 Å². The van der Waals surface area contributed by atoms with Crippen molar-refractivity contribution in [1.82, 2.24) is 9.88 Å². The van der Waals surface area contributed by atoms with Gasteiger partial charge in [0.25, 0.3) is 0 Å². The standard InChI is InChI=1S/C18H27N3O3S/c22-13-9-15(21(11-13)10-12-5-7-24-8-6-12)17(23)20-18-19-14-3-1-2-4-16(14)25-18/h12-13,15,22H,1-11H2,(H,19,20,23). The number of nitrogens with zero attached hydrogens (tertiary/aromatic N) is 2. The van der Waals surface area contributed by atoms with Gasteiger partial charge in [-0.1, -0.05) is 0 Å². The predicted molar refractivity (Wildman–Crippen MR) is 96.9 cm³/mol. The maximum absolute atomic E-state index is 12.8. The number of rotatable bonds is 4. The van der Waals surface area contributed by atoms with E-state index in [1.165, 1.54) is 17.7 Å². The van der Waals surface area contributed by atoms with Crippen LogP contribution in [0.3, 0.4) is 0 Å². The third-order valence-electron chi connectivity index (χ3n) is 5.59. The lowest BCUT2D eigenvalue weighted by molar-refractivity contribution is -0.120. The van der Waals surface area contributed by atoms with Crippen molar-refractivity contribution < 1.29 is 14.6 Å². The highest BCUT2D eigenvalue weighted by molar-refractivity contribution is 7.15. The Balaban J connectivity index is 1.39. The van der Waals surface area contributed by atoms with Crippen LogP contribution in [-0.2, 0) is 22.4 Å². The number of thiazole rings is 1. The van der Waals surface area contributed by atoms with Crippen LogP contribution in [0.1, 0.15) is 42.7 Å². The van der Waals surface area contributed by atoms with Gasteiger partial charge in [0.05, 0.1) is 17.8 Å². The average molecular weight is 365 g/mol. The second-order valence-corrected chi connectivity index (χ2v) is 8.58. The fourth-order valence-corrected chi connectivity index (χ4v) is 5.26. The van der Waals surface area contributed by atoms with Crippen molar-refractivity contribution in [3.8, 4) is 0 Å². The second-order valence-electron chi connectivity index (χ2n) is 7.50. The van der Waals surface area contributed by atoms with E-state index in [1.807, 2.05) is 0 Å². The average Bonchev–Trinajstić information content (AvgIpc) is 3.18. The van der Waals surface area contributed by atoms with Gasteiger partial charge in [0.2, 0.25) is 5.91 Å². The molecule has 2 saturated heterocycles. The highest BCUT2D eigenvalue weighted by Gasteiger charge is 2.37. The summed E-state index contributed by atoms with van der Waals surface area (Å²) in [6.45, 7) is 3.07. The molecule has 1 aromatic rings. The monoisotopic (exact) mass is 365 g/mol. The van der Waals surface area contributed by atoms with Crippen LogP contribution < -0.4 is 5.32 Å². The molecule has 2 unspecified atom stereocenters. The Morgan fingerprint density at radius 3 is 2.92 bits per heavy atom. The van der Waals surface area contributed by atoms with Crippen molar-refractivity contribution in [1.29, 1.82) is 0 Å². The summed E-state index contributed by atoms with van der Waals surface area (Å²) in [6.07, 6.45) is 6.70. The zero-order valence-corrected chi connectivity index (χ0v) is 15.4. The van der Waals surface area contributed by atoms with Gasteiger partial charge in [-0.2, -0.15) is 0 Å². The molecular formula is C18H27N3O3S. The molecule has 1 aliphatic carbocycles. The summed E-state index contributed by atoms with van der Waals surface area (Å²) in [5.74, 6) is 0.538. The zero-order valence-electron chi connectivity index (χ0n) is 14.6. The lowest BCUT2D eigenvalue weighted by atomic mass is 9.99. The minimum Gasteiger partial charge on any atom is -0.392 e. The van der Waals surface area contributed by atoms with E-state index in [9.17, 15) is 9.90 Å². The second kappa shape index (κ2) is 7.70. The predicted octanol–water partition coefficient (Wildman–Crippen LogP) is 1.82. The maximum Gasteiger partial charge on any atom is 0.243 e. The highest BCUT2D eigenvalue weighted by Crippen LogP contribution is 2.30. The molecule has 2 N–H and O–H groups in total. The Hall–Kier alpha value is -1.02. The molecule has 25 heavy (non-hydrogen) atoms. The van der Waals surface area contributed by atoms with E-state index >= 15 is 0 Å². The summed E-state index contributed by atoms with van der Waals surface area (Å²) in [7, 11) is 0. The molecule has 0 spiro atoms. The van der Waals surface area contributed by atoms with E-state index in [1.54, 1.807) is 11.3 Å². The van der Waals surface area contributed by atoms with E-state index in [2.05, 4.69) is 15.2 Å². The lowest BCUT2D eigenvalue weighted by Crippen LogP contribution is -2.42. The number of hydrogen-bond donors (Lipinski definition) is 2. The number of aliphatic hydroxyl groups is 1. The Bertz CT molecular complexity index is 591. The van der Waals surface area contributed by atoms with E-state index < -0.39 is 6.10 Å². The Morgan fingerprint density at radius 2 is 2.12 bits per heavy atom. The third kappa shape index (κ3) is 4.05. The first-order valence-corrected chi connectivity index (χ1v) is 10.3. The number of likely N-dealkylation sites (tertiary alicyclic amines) is 1. The van der Waals surface area contributed by atoms with Crippen LogP contribution in [0.5, 0.6) is 0 Å². The maximum atomic E-state index is 12.8. The molecule has 0 radical (unpaired) electrons. The van der Waals surface area contributed by atoms with Gasteiger partial charge in [-0.3, -0.25) is 9.69 Å². The van der Waals surface area contributed by atoms with Gasteiger partial charge in [-0.15, -0.1) is 11.3 Å². The first-order valence-electron chi connectivity index (χ1n) is 9.48. The minimum atomic E-state index is -0.417. The van der Waals surface area contributed by atoms with Crippen LogP contribution in [0, 0.1) is 5.92 Å². The molecule has 1 aromatic heterocycles. The van der Waals surface area contributed by atoms with Crippen molar-refractivity contribution in [3.63, 3.8) is 0 Å². The summed E-state index contributed by atoms with van der Waals surface area (Å²) in [5, 5.41) is 13.8. The number of amides is 1. The fraction of sp³-hybridized carbons (Fsp3) is 0.778. The molecule has 3 heterocycles. The van der Waals surface area contributed by atoms with Crippen molar-refractivity contribution in [2.24, 2.45) is 5.92 Å². The number of anilines is 1. The zero-order chi connectivity index (χ0) is 17.2. The normalized spacial score (nSPS) is 28.0. The van der Waals surface area contributed by atoms with Gasteiger partial charge in [0, 0.05) is 31.2 Å². The van der Waals surface area contributed by atoms with Gasteiger partial charge in [0.15, 0.2) is 5.13 Å². The summed E-state index contributed by atoms with van der Waals surface area (Å²) in [6, 6.07) is -0.251. The molecule has 0 aromatic carbocycles. The van der Waals surface area contributed by atoms with E-state index in [0.717, 1.165) is 56.3 Å². The molecule has 2 fully saturated rings. The molecular weight excluding hydrogens is 338 g/mol. The molecule has 2 atom stereocenters. The third-order valence-corrected chi connectivity index (χ3v) is 6.67. The number of β-amino-alcohol motifs (C(OH)–C–C–N with tert-alkyl or cyclic N) is 1. The van der Waals surface area contributed by atoms with Gasteiger partial charge < -0.3 is 15.2 Å². The molecule has 4 rings (SSSR count). The van der Waals surface area contributed by atoms with Gasteiger partial charge in [0.1, 0.15) is 0 Å². The van der Waals surface area contributed by atoms with Gasteiger partial charge in [-0.25, -0.2) is 4.98 Å². The topological polar surface area (TPSA) is 74.7 Å². The molecule has 6 nitrogen and oxygen atoms in total. The lowest BCUT2D eigenvalue weighted by Gasteiger charge is -2.30. The van der Waals surface area contributed by atoms with Crippen molar-refractivity contribution in [2.45, 2.75) is 57.1 Å². The van der Waals surface area contributed by atoms with Crippen LogP contribution >= 0.6 is 11.3 Å². The number of fused-ring (bicyclic) bond motifs is 1. The molecule has 7 heteroatoms. The Labute approximate surface area is 152 Å². The molecule has 3 aliphatic rings. The number of aryl methyl sites for hydroxylation is 2. The van der Waals surface area contributed by atoms with Crippen molar-refractivity contribution >= 4 is 22.4 Å². The largest absolute Gasteiger partial charge is 0.392 e. The van der Waals surface area contributed by atoms with Crippen LogP contribution in [0.2, 0.25) is 0 Å². The van der Waals surface area contributed by atoms with E-state index in [-0.39, 0.29) is 11.9 Å². The quantitative estimate of drug-likeness (QED) is 0.851. The van der Waals surface area contributed by atoms with Crippen LogP contribution in [-0.4, -0.2) is 59.3 Å². The molecule has 1 amide bonds. The highest BCUT2D eigenvalue weighted by atomic mass is 32.1. The van der Waals surface area contributed by atoms with Crippen LogP contribution in [0.15, 0.2) is 0 Å². The molecule has 138 valence electrons. The summed E-state index contributed by atoms with van der Waals surface area (Å²) < 4.78 is 5.42. The number of aromatic nitrogens is 1. The fourth-order valence-electron chi connectivity index (χ4n) is 4.21. The Morgan fingerprint density at radius 1 is 1.32 bits per heavy atom. The number of carbonyl (C=O) groups is 1. The SMILES string of the molecule is O=C(Nc1nc2c(s1)CCCC2)C1CC(O)CN1CC1CCOCC1. The molecule has 2 aliphatic heterocycles. The number of hydrogen-bond acceptors (Lipinski definition) is 6. The van der Waals surface area contributed by atoms with Crippen LogP contribution in [0.25, 0.3) is 0 Å². The van der Waals surface area contributed by atoms with E-state index in [0.29, 0.717) is 18.9 Å². The number of carbonyl (C=O) groups excluding carboxylic acids is 1. The van der Waals surface area contributed by atoms with Gasteiger partial charge >= 0.3 is 0 Å². The number of ether oxygens (including phenoxy) is 1.